The molecule has 0 aliphatic carbocycles. The number of hydrogen-bond donors (Lipinski definition) is 2. The highest BCUT2D eigenvalue weighted by Gasteiger charge is 2.15. The van der Waals surface area contributed by atoms with Crippen molar-refractivity contribution >= 4 is 23.0 Å². The Labute approximate surface area is 161 Å². The summed E-state index contributed by atoms with van der Waals surface area (Å²) in [5, 5.41) is 15.0. The summed E-state index contributed by atoms with van der Waals surface area (Å²) in [5.41, 5.74) is 3.47. The van der Waals surface area contributed by atoms with Gasteiger partial charge in [-0.05, 0) is 61.2 Å². The van der Waals surface area contributed by atoms with Crippen LogP contribution in [0.25, 0.3) is 0 Å². The quantitative estimate of drug-likeness (QED) is 0.807. The summed E-state index contributed by atoms with van der Waals surface area (Å²) in [5.74, 6) is 0.757. The van der Waals surface area contributed by atoms with E-state index >= 15 is 0 Å². The van der Waals surface area contributed by atoms with Gasteiger partial charge < -0.3 is 15.5 Å². The van der Waals surface area contributed by atoms with Crippen LogP contribution in [0.2, 0.25) is 0 Å². The molecule has 1 heterocycles. The van der Waals surface area contributed by atoms with Crippen molar-refractivity contribution in [1.29, 1.82) is 5.26 Å². The summed E-state index contributed by atoms with van der Waals surface area (Å²) in [6.45, 7) is 5.13. The molecule has 27 heavy (non-hydrogen) atoms. The van der Waals surface area contributed by atoms with Crippen molar-refractivity contribution in [3.63, 3.8) is 0 Å². The Bertz CT molecular complexity index is 802. The maximum absolute atomic E-state index is 12.0. The minimum atomic E-state index is -0.0725. The lowest BCUT2D eigenvalue weighted by Crippen LogP contribution is -2.32. The number of nitriles is 1. The van der Waals surface area contributed by atoms with E-state index in [1.807, 2.05) is 0 Å². The van der Waals surface area contributed by atoms with Crippen LogP contribution in [0.1, 0.15) is 31.7 Å². The number of carbonyl (C=O) groups excluding carboxylic acids is 1. The molecule has 2 N–H and O–H groups in total. The average Bonchev–Trinajstić information content (AvgIpc) is 2.69. The largest absolute Gasteiger partial charge is 0.385 e. The van der Waals surface area contributed by atoms with Gasteiger partial charge in [-0.2, -0.15) is 5.26 Å². The van der Waals surface area contributed by atoms with Gasteiger partial charge in [0.1, 0.15) is 0 Å². The van der Waals surface area contributed by atoms with Gasteiger partial charge in [0, 0.05) is 43.1 Å². The summed E-state index contributed by atoms with van der Waals surface area (Å²) in [6, 6.07) is 17.4. The maximum atomic E-state index is 12.0. The monoisotopic (exact) mass is 362 g/mol. The van der Waals surface area contributed by atoms with Crippen LogP contribution >= 0.6 is 0 Å². The number of anilines is 3. The van der Waals surface area contributed by atoms with Crippen molar-refractivity contribution in [2.24, 2.45) is 5.92 Å². The molecule has 0 atom stereocenters. The van der Waals surface area contributed by atoms with Gasteiger partial charge in [-0.1, -0.05) is 13.0 Å². The molecule has 5 heteroatoms. The Morgan fingerprint density at radius 2 is 1.89 bits per heavy atom. The lowest BCUT2D eigenvalue weighted by atomic mass is 9.99. The lowest BCUT2D eigenvalue weighted by molar-refractivity contribution is -0.115. The molecule has 2 aromatic carbocycles. The standard InChI is InChI=1S/C22H26N4O/c1-17-10-13-26(14-11-17)21-7-5-19(6-8-21)24-12-9-22(27)25-20-4-2-3-18(15-20)16-23/h2-8,15,17,24H,9-14H2,1H3,(H,25,27). The minimum Gasteiger partial charge on any atom is -0.385 e. The molecule has 0 aromatic heterocycles. The fourth-order valence-corrected chi connectivity index (χ4v) is 3.27. The fourth-order valence-electron chi connectivity index (χ4n) is 3.27. The Morgan fingerprint density at radius 1 is 1.15 bits per heavy atom. The van der Waals surface area contributed by atoms with Gasteiger partial charge >= 0.3 is 0 Å². The van der Waals surface area contributed by atoms with Crippen LogP contribution in [0.4, 0.5) is 17.1 Å². The zero-order chi connectivity index (χ0) is 19.1. The highest BCUT2D eigenvalue weighted by atomic mass is 16.1. The first kappa shape index (κ1) is 18.8. The summed E-state index contributed by atoms with van der Waals surface area (Å²) in [6.07, 6.45) is 2.88. The molecular weight excluding hydrogens is 336 g/mol. The van der Waals surface area contributed by atoms with E-state index in [2.05, 4.69) is 52.8 Å². The highest BCUT2D eigenvalue weighted by Crippen LogP contribution is 2.24. The van der Waals surface area contributed by atoms with E-state index in [-0.39, 0.29) is 5.91 Å². The van der Waals surface area contributed by atoms with Crippen LogP contribution in [0, 0.1) is 17.2 Å². The third-order valence-corrected chi connectivity index (χ3v) is 4.97. The summed E-state index contributed by atoms with van der Waals surface area (Å²) in [7, 11) is 0. The lowest BCUT2D eigenvalue weighted by Gasteiger charge is -2.32. The van der Waals surface area contributed by atoms with Crippen molar-refractivity contribution in [3.8, 4) is 6.07 Å². The second kappa shape index (κ2) is 9.09. The molecule has 1 saturated heterocycles. The van der Waals surface area contributed by atoms with Gasteiger partial charge in [-0.3, -0.25) is 4.79 Å². The van der Waals surface area contributed by atoms with Crippen LogP contribution in [0.3, 0.4) is 0 Å². The molecule has 1 aliphatic rings. The second-order valence-corrected chi connectivity index (χ2v) is 7.13. The van der Waals surface area contributed by atoms with E-state index in [1.54, 1.807) is 24.3 Å². The van der Waals surface area contributed by atoms with Crippen LogP contribution in [-0.4, -0.2) is 25.5 Å². The van der Waals surface area contributed by atoms with Gasteiger partial charge in [0.05, 0.1) is 11.6 Å². The van der Waals surface area contributed by atoms with E-state index in [1.165, 1.54) is 18.5 Å². The van der Waals surface area contributed by atoms with Gasteiger partial charge in [0.2, 0.25) is 5.91 Å². The SMILES string of the molecule is CC1CCN(c2ccc(NCCC(=O)Nc3cccc(C#N)c3)cc2)CC1. The topological polar surface area (TPSA) is 68.2 Å². The molecule has 3 rings (SSSR count). The summed E-state index contributed by atoms with van der Waals surface area (Å²) in [4.78, 5) is 14.5. The van der Waals surface area contributed by atoms with E-state index in [0.717, 1.165) is 24.7 Å². The van der Waals surface area contributed by atoms with Gasteiger partial charge in [0.25, 0.3) is 0 Å². The highest BCUT2D eigenvalue weighted by molar-refractivity contribution is 5.91. The number of benzene rings is 2. The molecule has 5 nitrogen and oxygen atoms in total. The van der Waals surface area contributed by atoms with E-state index in [4.69, 9.17) is 5.26 Å². The Balaban J connectivity index is 1.43. The zero-order valence-electron chi connectivity index (χ0n) is 15.7. The van der Waals surface area contributed by atoms with Crippen LogP contribution in [-0.2, 0) is 4.79 Å². The molecule has 1 amide bonds. The number of amides is 1. The number of carbonyl (C=O) groups is 1. The van der Waals surface area contributed by atoms with Gasteiger partial charge in [-0.25, -0.2) is 0 Å². The third-order valence-electron chi connectivity index (χ3n) is 4.97. The molecule has 1 fully saturated rings. The normalized spacial score (nSPS) is 14.4. The van der Waals surface area contributed by atoms with Crippen LogP contribution in [0.5, 0.6) is 0 Å². The van der Waals surface area contributed by atoms with E-state index < -0.39 is 0 Å². The van der Waals surface area contributed by atoms with Crippen molar-refractivity contribution < 1.29 is 4.79 Å². The Hall–Kier alpha value is -3.00. The van der Waals surface area contributed by atoms with Crippen molar-refractivity contribution in [3.05, 3.63) is 54.1 Å². The van der Waals surface area contributed by atoms with E-state index in [9.17, 15) is 4.79 Å². The smallest absolute Gasteiger partial charge is 0.226 e. The first-order valence-electron chi connectivity index (χ1n) is 9.53. The minimum absolute atomic E-state index is 0.0725. The summed E-state index contributed by atoms with van der Waals surface area (Å²) < 4.78 is 0. The first-order chi connectivity index (χ1) is 13.1. The third kappa shape index (κ3) is 5.49. The molecule has 2 aromatic rings. The maximum Gasteiger partial charge on any atom is 0.226 e. The Morgan fingerprint density at radius 3 is 2.59 bits per heavy atom. The molecule has 0 bridgehead atoms. The number of rotatable bonds is 6. The molecule has 0 saturated carbocycles. The number of nitrogens with zero attached hydrogens (tertiary/aromatic N) is 2. The van der Waals surface area contributed by atoms with E-state index in [0.29, 0.717) is 24.2 Å². The van der Waals surface area contributed by atoms with Gasteiger partial charge in [-0.15, -0.1) is 0 Å². The van der Waals surface area contributed by atoms with Crippen LogP contribution < -0.4 is 15.5 Å². The van der Waals surface area contributed by atoms with Crippen molar-refractivity contribution in [2.45, 2.75) is 26.2 Å². The molecule has 140 valence electrons. The zero-order valence-corrected chi connectivity index (χ0v) is 15.7. The molecular formula is C22H26N4O. The van der Waals surface area contributed by atoms with Crippen molar-refractivity contribution in [1.82, 2.24) is 0 Å². The Kier molecular flexibility index (Phi) is 6.32. The first-order valence-corrected chi connectivity index (χ1v) is 9.53. The fraction of sp³-hybridized carbons (Fsp3) is 0.364. The molecule has 0 spiro atoms. The number of nitrogens with one attached hydrogen (secondary N) is 2. The predicted octanol–water partition coefficient (Wildman–Crippen LogP) is 4.24. The summed E-state index contributed by atoms with van der Waals surface area (Å²) >= 11 is 0. The van der Waals surface area contributed by atoms with Crippen LogP contribution in [0.15, 0.2) is 48.5 Å². The second-order valence-electron chi connectivity index (χ2n) is 7.13. The number of piperidine rings is 1. The molecule has 0 radical (unpaired) electrons. The molecule has 1 aliphatic heterocycles. The van der Waals surface area contributed by atoms with Gasteiger partial charge in [0.15, 0.2) is 0 Å². The average molecular weight is 362 g/mol. The van der Waals surface area contributed by atoms with Crippen molar-refractivity contribution in [2.75, 3.05) is 35.2 Å². The predicted molar refractivity (Wildman–Crippen MR) is 110 cm³/mol. The number of hydrogen-bond acceptors (Lipinski definition) is 4. The molecule has 0 unspecified atom stereocenters.